The van der Waals surface area contributed by atoms with E-state index < -0.39 is 0 Å². The first kappa shape index (κ1) is 23.7. The lowest BCUT2D eigenvalue weighted by Gasteiger charge is -2.15. The van der Waals surface area contributed by atoms with E-state index in [4.69, 9.17) is 21.7 Å². The zero-order valence-electron chi connectivity index (χ0n) is 17.8. The van der Waals surface area contributed by atoms with Crippen LogP contribution in [0.5, 0.6) is 11.5 Å². The average molecular weight is 591 g/mol. The number of halogens is 2. The molecule has 0 aromatic heterocycles. The van der Waals surface area contributed by atoms with Crippen molar-refractivity contribution in [2.24, 2.45) is 0 Å². The zero-order valence-corrected chi connectivity index (χ0v) is 21.6. The van der Waals surface area contributed by atoms with Gasteiger partial charge < -0.3 is 9.47 Å². The van der Waals surface area contributed by atoms with Crippen molar-refractivity contribution in [2.75, 3.05) is 12.0 Å². The molecule has 168 valence electrons. The number of aryl methyl sites for hydroxylation is 1. The number of ether oxygens (including phenoxy) is 2. The molecule has 3 aromatic rings. The van der Waals surface area contributed by atoms with Crippen LogP contribution in [0.15, 0.2) is 65.6 Å². The van der Waals surface area contributed by atoms with Crippen LogP contribution >= 0.6 is 46.6 Å². The Balaban J connectivity index is 1.59. The van der Waals surface area contributed by atoms with Gasteiger partial charge in [-0.3, -0.25) is 9.69 Å². The van der Waals surface area contributed by atoms with E-state index in [1.807, 2.05) is 37.3 Å². The van der Waals surface area contributed by atoms with Crippen molar-refractivity contribution in [3.63, 3.8) is 0 Å². The van der Waals surface area contributed by atoms with Crippen molar-refractivity contribution >= 4 is 68.6 Å². The van der Waals surface area contributed by atoms with Crippen LogP contribution in [-0.4, -0.2) is 17.3 Å². The van der Waals surface area contributed by atoms with E-state index in [1.165, 1.54) is 17.8 Å². The number of anilines is 1. The van der Waals surface area contributed by atoms with Crippen molar-refractivity contribution in [1.82, 2.24) is 0 Å². The molecule has 1 aliphatic rings. The first-order valence-electron chi connectivity index (χ1n) is 9.95. The monoisotopic (exact) mass is 591 g/mol. The van der Waals surface area contributed by atoms with Crippen molar-refractivity contribution < 1.29 is 18.7 Å². The largest absolute Gasteiger partial charge is 0.493 e. The number of thioether (sulfide) groups is 1. The number of methoxy groups -OCH3 is 1. The van der Waals surface area contributed by atoms with Gasteiger partial charge in [-0.25, -0.2) is 4.39 Å². The number of benzene rings is 3. The van der Waals surface area contributed by atoms with E-state index in [0.717, 1.165) is 20.4 Å². The second-order valence-electron chi connectivity index (χ2n) is 7.27. The third-order valence-electron chi connectivity index (χ3n) is 4.93. The molecular weight excluding hydrogens is 572 g/mol. The standard InChI is InChI=1S/C25H19FINO3S2/c1-15-6-5-8-18(10-15)28-24(29)22(33-25(28)32)13-16-11-20(27)23(21(12-16)30-2)31-14-17-7-3-4-9-19(17)26/h3-13H,14H2,1-2H3/b22-13-. The van der Waals surface area contributed by atoms with E-state index in [1.54, 1.807) is 42.4 Å². The molecular formula is C25H19FINO3S2. The number of carbonyl (C=O) groups is 1. The molecule has 0 saturated carbocycles. The lowest BCUT2D eigenvalue weighted by atomic mass is 10.1. The Hall–Kier alpha value is -2.43. The fraction of sp³-hybridized carbons (Fsp3) is 0.120. The van der Waals surface area contributed by atoms with Gasteiger partial charge in [-0.05, 0) is 77.0 Å². The van der Waals surface area contributed by atoms with Crippen molar-refractivity contribution in [3.05, 3.63) is 91.6 Å². The number of thiocarbonyl (C=S) groups is 1. The smallest absolute Gasteiger partial charge is 0.270 e. The second kappa shape index (κ2) is 10.2. The van der Waals surface area contributed by atoms with Gasteiger partial charge in [0, 0.05) is 5.56 Å². The highest BCUT2D eigenvalue weighted by molar-refractivity contribution is 14.1. The summed E-state index contributed by atoms with van der Waals surface area (Å²) >= 11 is 8.88. The molecule has 0 unspecified atom stereocenters. The predicted octanol–water partition coefficient (Wildman–Crippen LogP) is 6.73. The van der Waals surface area contributed by atoms with E-state index in [0.29, 0.717) is 26.3 Å². The average Bonchev–Trinajstić information content (AvgIpc) is 3.06. The summed E-state index contributed by atoms with van der Waals surface area (Å²) in [7, 11) is 1.54. The van der Waals surface area contributed by atoms with Crippen LogP contribution in [0.1, 0.15) is 16.7 Å². The number of amides is 1. The number of nitrogens with zero attached hydrogens (tertiary/aromatic N) is 1. The summed E-state index contributed by atoms with van der Waals surface area (Å²) in [5.74, 6) is 0.535. The number of hydrogen-bond donors (Lipinski definition) is 0. The Bertz CT molecular complexity index is 1280. The Morgan fingerprint density at radius 2 is 1.94 bits per heavy atom. The van der Waals surface area contributed by atoms with Gasteiger partial charge in [0.2, 0.25) is 0 Å². The molecule has 0 atom stereocenters. The van der Waals surface area contributed by atoms with E-state index in [-0.39, 0.29) is 18.3 Å². The maximum Gasteiger partial charge on any atom is 0.270 e. The highest BCUT2D eigenvalue weighted by atomic mass is 127. The molecule has 0 spiro atoms. The molecule has 8 heteroatoms. The minimum Gasteiger partial charge on any atom is -0.493 e. The second-order valence-corrected chi connectivity index (χ2v) is 10.1. The molecule has 1 saturated heterocycles. The summed E-state index contributed by atoms with van der Waals surface area (Å²) in [6.45, 7) is 2.05. The van der Waals surface area contributed by atoms with Crippen LogP contribution in [-0.2, 0) is 11.4 Å². The quantitative estimate of drug-likeness (QED) is 0.181. The first-order valence-corrected chi connectivity index (χ1v) is 12.3. The SMILES string of the molecule is COc1cc(/C=C2\SC(=S)N(c3cccc(C)c3)C2=O)cc(I)c1OCc1ccccc1F. The fourth-order valence-corrected chi connectivity index (χ4v) is 5.42. The van der Waals surface area contributed by atoms with Crippen LogP contribution in [0.25, 0.3) is 6.08 Å². The third kappa shape index (κ3) is 5.23. The molecule has 1 fully saturated rings. The molecule has 0 bridgehead atoms. The van der Waals surface area contributed by atoms with Gasteiger partial charge in [0.25, 0.3) is 5.91 Å². The maximum atomic E-state index is 13.9. The van der Waals surface area contributed by atoms with Gasteiger partial charge in [0.05, 0.1) is 21.3 Å². The van der Waals surface area contributed by atoms with Crippen molar-refractivity contribution in [2.45, 2.75) is 13.5 Å². The molecule has 0 N–H and O–H groups in total. The summed E-state index contributed by atoms with van der Waals surface area (Å²) in [5.41, 5.74) is 3.04. The van der Waals surface area contributed by atoms with Crippen LogP contribution < -0.4 is 14.4 Å². The van der Waals surface area contributed by atoms with Gasteiger partial charge >= 0.3 is 0 Å². The van der Waals surface area contributed by atoms with E-state index >= 15 is 0 Å². The Morgan fingerprint density at radius 1 is 1.15 bits per heavy atom. The normalized spacial score (nSPS) is 14.8. The minimum absolute atomic E-state index is 0.0769. The molecule has 4 nitrogen and oxygen atoms in total. The van der Waals surface area contributed by atoms with Crippen molar-refractivity contribution in [3.8, 4) is 11.5 Å². The lowest BCUT2D eigenvalue weighted by molar-refractivity contribution is -0.113. The summed E-state index contributed by atoms with van der Waals surface area (Å²) in [6.07, 6.45) is 1.79. The fourth-order valence-electron chi connectivity index (χ4n) is 3.34. The van der Waals surface area contributed by atoms with Crippen LogP contribution in [0.2, 0.25) is 0 Å². The van der Waals surface area contributed by atoms with Gasteiger partial charge in [0.1, 0.15) is 12.4 Å². The molecule has 33 heavy (non-hydrogen) atoms. The summed E-state index contributed by atoms with van der Waals surface area (Å²) in [6, 6.07) is 17.8. The molecule has 1 heterocycles. The minimum atomic E-state index is -0.321. The number of hydrogen-bond acceptors (Lipinski definition) is 5. The molecule has 0 aliphatic carbocycles. The molecule has 3 aromatic carbocycles. The van der Waals surface area contributed by atoms with E-state index in [9.17, 15) is 9.18 Å². The van der Waals surface area contributed by atoms with Gasteiger partial charge in [0.15, 0.2) is 15.8 Å². The predicted molar refractivity (Wildman–Crippen MR) is 143 cm³/mol. The molecule has 0 radical (unpaired) electrons. The highest BCUT2D eigenvalue weighted by Gasteiger charge is 2.33. The summed E-state index contributed by atoms with van der Waals surface area (Å²) < 4.78 is 26.6. The zero-order chi connectivity index (χ0) is 23.5. The topological polar surface area (TPSA) is 38.8 Å². The molecule has 4 rings (SSSR count). The van der Waals surface area contributed by atoms with Gasteiger partial charge in [-0.15, -0.1) is 0 Å². The number of carbonyl (C=O) groups excluding carboxylic acids is 1. The molecule has 1 amide bonds. The van der Waals surface area contributed by atoms with Crippen LogP contribution in [0.3, 0.4) is 0 Å². The number of rotatable bonds is 6. The van der Waals surface area contributed by atoms with Crippen LogP contribution in [0.4, 0.5) is 10.1 Å². The van der Waals surface area contributed by atoms with Crippen molar-refractivity contribution in [1.29, 1.82) is 0 Å². The highest BCUT2D eigenvalue weighted by Crippen LogP contribution is 2.39. The molecule has 1 aliphatic heterocycles. The van der Waals surface area contributed by atoms with E-state index in [2.05, 4.69) is 22.6 Å². The Morgan fingerprint density at radius 3 is 2.67 bits per heavy atom. The third-order valence-corrected chi connectivity index (χ3v) is 7.04. The Labute approximate surface area is 214 Å². The summed E-state index contributed by atoms with van der Waals surface area (Å²) in [4.78, 5) is 15.2. The first-order chi connectivity index (χ1) is 15.9. The van der Waals surface area contributed by atoms with Gasteiger partial charge in [-0.1, -0.05) is 54.3 Å². The Kier molecular flexibility index (Phi) is 7.35. The lowest BCUT2D eigenvalue weighted by Crippen LogP contribution is -2.27. The van der Waals surface area contributed by atoms with Crippen LogP contribution in [0, 0.1) is 16.3 Å². The van der Waals surface area contributed by atoms with Gasteiger partial charge in [-0.2, -0.15) is 0 Å². The maximum absolute atomic E-state index is 13.9. The summed E-state index contributed by atoms with van der Waals surface area (Å²) in [5, 5.41) is 0.